The fourth-order valence-electron chi connectivity index (χ4n) is 9.13. The molecular weight excluding hydrogens is 660 g/mol. The van der Waals surface area contributed by atoms with Crippen LogP contribution in [0.15, 0.2) is 30.3 Å². The minimum atomic E-state index is -0.484. The topological polar surface area (TPSA) is 126 Å². The fourth-order valence-corrected chi connectivity index (χ4v) is 9.31. The van der Waals surface area contributed by atoms with Gasteiger partial charge in [0.25, 0.3) is 5.91 Å². The quantitative estimate of drug-likeness (QED) is 0.223. The minimum Gasteiger partial charge on any atom is -0.504 e. The third kappa shape index (κ3) is 4.92. The summed E-state index contributed by atoms with van der Waals surface area (Å²) in [7, 11) is 8.45. The van der Waals surface area contributed by atoms with Gasteiger partial charge in [0, 0.05) is 68.5 Å². The number of fused-ring (bicyclic) bond motifs is 8. The summed E-state index contributed by atoms with van der Waals surface area (Å²) in [5.41, 5.74) is 5.60. The van der Waals surface area contributed by atoms with Gasteiger partial charge in [0.15, 0.2) is 23.0 Å². The van der Waals surface area contributed by atoms with E-state index in [0.717, 1.165) is 33.4 Å². The van der Waals surface area contributed by atoms with E-state index in [4.69, 9.17) is 30.5 Å². The molecule has 3 N–H and O–H groups in total. The zero-order chi connectivity index (χ0) is 35.8. The number of methoxy groups -OCH3 is 4. The zero-order valence-corrected chi connectivity index (χ0v) is 30.3. The molecule has 1 aromatic heterocycles. The first kappa shape index (κ1) is 34.0. The number of halogens is 1. The van der Waals surface area contributed by atoms with Crippen LogP contribution < -0.4 is 24.3 Å². The predicted octanol–water partition coefficient (Wildman–Crippen LogP) is 5.65. The SMILES string of the molecule is COc1c(C)c(OC)c2c(c1O)[C@@H]1[C@@H]3Cc4c(OC)c(C)c(OC)c(O)c4[C@H](CNC(=O)c4ccc5cc(Cl)ccc5n4)N3[C@@H](C)[C@H](C2)N1C. The van der Waals surface area contributed by atoms with Crippen LogP contribution in [-0.2, 0) is 12.8 Å². The molecule has 0 radical (unpaired) electrons. The van der Waals surface area contributed by atoms with Gasteiger partial charge in [0.1, 0.15) is 17.2 Å². The summed E-state index contributed by atoms with van der Waals surface area (Å²) in [5.74, 6) is 1.85. The largest absolute Gasteiger partial charge is 0.504 e. The lowest BCUT2D eigenvalue weighted by molar-refractivity contribution is -0.0846. The van der Waals surface area contributed by atoms with E-state index in [-0.39, 0.29) is 53.8 Å². The highest BCUT2D eigenvalue weighted by Crippen LogP contribution is 2.58. The second kappa shape index (κ2) is 12.7. The smallest absolute Gasteiger partial charge is 0.269 e. The van der Waals surface area contributed by atoms with Crippen molar-refractivity contribution < 1.29 is 34.0 Å². The number of phenolic OH excluding ortho intramolecular Hbond substituents is 2. The highest BCUT2D eigenvalue weighted by Gasteiger charge is 2.55. The van der Waals surface area contributed by atoms with Gasteiger partial charge in [0.05, 0.1) is 46.0 Å². The van der Waals surface area contributed by atoms with Gasteiger partial charge in [0.2, 0.25) is 0 Å². The van der Waals surface area contributed by atoms with Gasteiger partial charge in [-0.1, -0.05) is 17.7 Å². The second-order valence-corrected chi connectivity index (χ2v) is 13.9. The van der Waals surface area contributed by atoms with Crippen molar-refractivity contribution in [2.24, 2.45) is 0 Å². The Hall–Kier alpha value is -4.45. The molecule has 5 atom stereocenters. The normalized spacial score (nSPS) is 22.7. The molecule has 3 aliphatic rings. The maximum atomic E-state index is 13.8. The van der Waals surface area contributed by atoms with E-state index in [2.05, 4.69) is 34.1 Å². The van der Waals surface area contributed by atoms with Gasteiger partial charge < -0.3 is 34.5 Å². The van der Waals surface area contributed by atoms with E-state index in [0.29, 0.717) is 51.8 Å². The van der Waals surface area contributed by atoms with Crippen LogP contribution in [0.2, 0.25) is 5.02 Å². The number of nitrogens with zero attached hydrogens (tertiary/aromatic N) is 3. The van der Waals surface area contributed by atoms with Gasteiger partial charge in [-0.2, -0.15) is 0 Å². The molecule has 0 spiro atoms. The number of amides is 1. The van der Waals surface area contributed by atoms with Crippen molar-refractivity contribution in [1.29, 1.82) is 0 Å². The molecule has 0 aliphatic carbocycles. The number of hydrogen-bond acceptors (Lipinski definition) is 10. The number of carbonyl (C=O) groups is 1. The molecule has 264 valence electrons. The summed E-state index contributed by atoms with van der Waals surface area (Å²) in [6.45, 7) is 6.12. The Morgan fingerprint density at radius 2 is 1.46 bits per heavy atom. The molecule has 3 aromatic carbocycles. The third-order valence-electron chi connectivity index (χ3n) is 11.2. The van der Waals surface area contributed by atoms with E-state index in [1.165, 1.54) is 7.11 Å². The molecule has 0 unspecified atom stereocenters. The maximum absolute atomic E-state index is 13.8. The van der Waals surface area contributed by atoms with E-state index < -0.39 is 6.04 Å². The molecule has 11 nitrogen and oxygen atoms in total. The number of piperazine rings is 1. The van der Waals surface area contributed by atoms with Crippen LogP contribution in [0.3, 0.4) is 0 Å². The summed E-state index contributed by atoms with van der Waals surface area (Å²) in [6.07, 6.45) is 1.12. The summed E-state index contributed by atoms with van der Waals surface area (Å²) in [6, 6.07) is 7.88. The Morgan fingerprint density at radius 3 is 2.08 bits per heavy atom. The first-order valence-corrected chi connectivity index (χ1v) is 17.1. The number of phenols is 2. The number of benzene rings is 3. The van der Waals surface area contributed by atoms with Crippen molar-refractivity contribution >= 4 is 28.4 Å². The molecule has 2 bridgehead atoms. The number of carbonyl (C=O) groups excluding carboxylic acids is 1. The van der Waals surface area contributed by atoms with Crippen LogP contribution in [0.1, 0.15) is 62.9 Å². The van der Waals surface area contributed by atoms with Crippen LogP contribution in [0.25, 0.3) is 10.9 Å². The number of aromatic hydroxyl groups is 2. The highest BCUT2D eigenvalue weighted by molar-refractivity contribution is 6.31. The summed E-state index contributed by atoms with van der Waals surface area (Å²) < 4.78 is 23.5. The molecule has 0 saturated carbocycles. The summed E-state index contributed by atoms with van der Waals surface area (Å²) in [5, 5.41) is 28.3. The Labute approximate surface area is 296 Å². The number of aromatic nitrogens is 1. The summed E-state index contributed by atoms with van der Waals surface area (Å²) >= 11 is 6.17. The third-order valence-corrected chi connectivity index (χ3v) is 11.4. The molecule has 1 saturated heterocycles. The summed E-state index contributed by atoms with van der Waals surface area (Å²) in [4.78, 5) is 23.1. The molecule has 50 heavy (non-hydrogen) atoms. The van der Waals surface area contributed by atoms with Crippen LogP contribution in [0.5, 0.6) is 34.5 Å². The van der Waals surface area contributed by atoms with Gasteiger partial charge in [-0.25, -0.2) is 4.98 Å². The number of nitrogens with one attached hydrogen (secondary N) is 1. The molecular formula is C38H43ClN4O7. The van der Waals surface area contributed by atoms with Crippen LogP contribution in [0, 0.1) is 13.8 Å². The molecule has 4 heterocycles. The molecule has 4 aromatic rings. The minimum absolute atomic E-state index is 0.0231. The number of likely N-dealkylation sites (N-methyl/N-ethyl adjacent to an activating group) is 1. The van der Waals surface area contributed by atoms with E-state index in [1.54, 1.807) is 39.5 Å². The lowest BCUT2D eigenvalue weighted by Gasteiger charge is -2.61. The first-order valence-electron chi connectivity index (χ1n) is 16.7. The average Bonchev–Trinajstić information content (AvgIpc) is 3.09. The van der Waals surface area contributed by atoms with Crippen molar-refractivity contribution in [3.63, 3.8) is 0 Å². The lowest BCUT2D eigenvalue weighted by atomic mass is 9.71. The fraction of sp³-hybridized carbons (Fsp3) is 0.421. The Kier molecular flexibility index (Phi) is 8.64. The average molecular weight is 703 g/mol. The Bertz CT molecular complexity index is 2040. The maximum Gasteiger partial charge on any atom is 0.269 e. The standard InChI is InChI=1S/C38H43ClN4O7/c1-17-34(47-5)22-15-27-31-30-23(35(48-6)18(2)37(50-8)33(30)45)14-26(42(31)4)19(3)43(27)28(29(22)32(44)36(17)49-7)16-40-38(46)25-11-9-20-13-21(39)10-12-24(20)41-25/h9-13,19,26-28,31,44-45H,14-16H2,1-8H3,(H,40,46)/t19-,26-,27-,28-,31-/m0/s1. The predicted molar refractivity (Wildman–Crippen MR) is 191 cm³/mol. The molecule has 12 heteroatoms. The monoisotopic (exact) mass is 702 g/mol. The van der Waals surface area contributed by atoms with Crippen molar-refractivity contribution in [2.45, 2.75) is 63.8 Å². The van der Waals surface area contributed by atoms with Crippen molar-refractivity contribution in [2.75, 3.05) is 42.0 Å². The number of ether oxygens (including phenoxy) is 4. The lowest BCUT2D eigenvalue weighted by Crippen LogP contribution is -2.68. The van der Waals surface area contributed by atoms with Crippen molar-refractivity contribution in [3.8, 4) is 34.5 Å². The van der Waals surface area contributed by atoms with E-state index in [9.17, 15) is 15.0 Å². The molecule has 3 aliphatic heterocycles. The first-order chi connectivity index (χ1) is 24.0. The van der Waals surface area contributed by atoms with E-state index >= 15 is 0 Å². The van der Waals surface area contributed by atoms with Gasteiger partial charge in [-0.05, 0) is 64.9 Å². The number of hydrogen-bond donors (Lipinski definition) is 3. The zero-order valence-electron chi connectivity index (χ0n) is 29.6. The van der Waals surface area contributed by atoms with Gasteiger partial charge in [-0.15, -0.1) is 0 Å². The second-order valence-electron chi connectivity index (χ2n) is 13.5. The molecule has 7 rings (SSSR count). The Morgan fingerprint density at radius 1 is 0.880 bits per heavy atom. The van der Waals surface area contributed by atoms with Crippen LogP contribution in [0.4, 0.5) is 0 Å². The van der Waals surface area contributed by atoms with Crippen molar-refractivity contribution in [1.82, 2.24) is 20.1 Å². The molecule has 1 fully saturated rings. The number of rotatable bonds is 7. The number of pyridine rings is 1. The van der Waals surface area contributed by atoms with Crippen molar-refractivity contribution in [3.05, 3.63) is 74.4 Å². The van der Waals surface area contributed by atoms with Crippen LogP contribution in [-0.4, -0.2) is 91.1 Å². The van der Waals surface area contributed by atoms with Gasteiger partial charge >= 0.3 is 0 Å². The highest BCUT2D eigenvalue weighted by atomic mass is 35.5. The molecule has 1 amide bonds. The van der Waals surface area contributed by atoms with Crippen LogP contribution >= 0.6 is 11.6 Å². The Balaban J connectivity index is 1.38. The van der Waals surface area contributed by atoms with E-state index in [1.807, 2.05) is 26.0 Å². The van der Waals surface area contributed by atoms with Gasteiger partial charge in [-0.3, -0.25) is 14.6 Å².